The summed E-state index contributed by atoms with van der Waals surface area (Å²) in [6, 6.07) is 0. The van der Waals surface area contributed by atoms with E-state index >= 15 is 0 Å². The van der Waals surface area contributed by atoms with Crippen molar-refractivity contribution in [1.82, 2.24) is 10.6 Å². The van der Waals surface area contributed by atoms with E-state index in [2.05, 4.69) is 36.4 Å². The summed E-state index contributed by atoms with van der Waals surface area (Å²) in [7, 11) is 1.78. The van der Waals surface area contributed by atoms with Crippen molar-refractivity contribution >= 4 is 5.96 Å². The molecule has 0 radical (unpaired) electrons. The van der Waals surface area contributed by atoms with Crippen molar-refractivity contribution in [3.63, 3.8) is 0 Å². The SMILES string of the molecule is CCCCOCCCNC(=NC)NCCOCCC(C)C. The zero-order valence-electron chi connectivity index (χ0n) is 14.4. The highest BCUT2D eigenvalue weighted by atomic mass is 16.5. The highest BCUT2D eigenvalue weighted by molar-refractivity contribution is 5.79. The van der Waals surface area contributed by atoms with Crippen molar-refractivity contribution in [2.24, 2.45) is 10.9 Å². The topological polar surface area (TPSA) is 54.9 Å². The fourth-order valence-corrected chi connectivity index (χ4v) is 1.61. The van der Waals surface area contributed by atoms with E-state index in [0.29, 0.717) is 12.5 Å². The lowest BCUT2D eigenvalue weighted by Gasteiger charge is -2.12. The van der Waals surface area contributed by atoms with Gasteiger partial charge in [0, 0.05) is 40.0 Å². The lowest BCUT2D eigenvalue weighted by atomic mass is 10.1. The number of guanidine groups is 1. The summed E-state index contributed by atoms with van der Waals surface area (Å²) in [5.41, 5.74) is 0. The Balaban J connectivity index is 3.38. The van der Waals surface area contributed by atoms with Crippen molar-refractivity contribution in [3.05, 3.63) is 0 Å². The highest BCUT2D eigenvalue weighted by Crippen LogP contribution is 1.98. The minimum Gasteiger partial charge on any atom is -0.381 e. The molecule has 5 heteroatoms. The van der Waals surface area contributed by atoms with Gasteiger partial charge in [0.2, 0.25) is 0 Å². The van der Waals surface area contributed by atoms with Gasteiger partial charge in [-0.15, -0.1) is 0 Å². The Morgan fingerprint density at radius 3 is 2.29 bits per heavy atom. The van der Waals surface area contributed by atoms with Crippen molar-refractivity contribution in [3.8, 4) is 0 Å². The number of unbranched alkanes of at least 4 members (excludes halogenated alkanes) is 1. The number of hydrogen-bond donors (Lipinski definition) is 2. The Labute approximate surface area is 130 Å². The minimum absolute atomic E-state index is 0.701. The van der Waals surface area contributed by atoms with Gasteiger partial charge in [0.1, 0.15) is 0 Å². The maximum atomic E-state index is 5.55. The van der Waals surface area contributed by atoms with Crippen molar-refractivity contribution in [2.75, 3.05) is 46.6 Å². The Bertz CT molecular complexity index is 246. The van der Waals surface area contributed by atoms with Crippen molar-refractivity contribution in [1.29, 1.82) is 0 Å². The smallest absolute Gasteiger partial charge is 0.191 e. The van der Waals surface area contributed by atoms with Gasteiger partial charge in [-0.05, 0) is 25.2 Å². The maximum Gasteiger partial charge on any atom is 0.191 e. The van der Waals surface area contributed by atoms with Crippen molar-refractivity contribution < 1.29 is 9.47 Å². The molecule has 0 spiro atoms. The van der Waals surface area contributed by atoms with E-state index in [1.165, 1.54) is 6.42 Å². The first-order valence-corrected chi connectivity index (χ1v) is 8.30. The summed E-state index contributed by atoms with van der Waals surface area (Å²) in [4.78, 5) is 4.18. The largest absolute Gasteiger partial charge is 0.381 e. The van der Waals surface area contributed by atoms with Gasteiger partial charge in [-0.1, -0.05) is 27.2 Å². The van der Waals surface area contributed by atoms with Gasteiger partial charge in [0.25, 0.3) is 0 Å². The molecule has 0 bridgehead atoms. The van der Waals surface area contributed by atoms with Gasteiger partial charge in [0.15, 0.2) is 5.96 Å². The Kier molecular flexibility index (Phi) is 15.0. The molecule has 21 heavy (non-hydrogen) atoms. The third kappa shape index (κ3) is 15.4. The Morgan fingerprint density at radius 1 is 0.952 bits per heavy atom. The third-order valence-electron chi connectivity index (χ3n) is 3.00. The second-order valence-corrected chi connectivity index (χ2v) is 5.54. The number of nitrogens with zero attached hydrogens (tertiary/aromatic N) is 1. The first kappa shape index (κ1) is 20.2. The molecule has 0 heterocycles. The first-order chi connectivity index (χ1) is 10.2. The molecule has 0 aromatic carbocycles. The normalized spacial score (nSPS) is 12.0. The summed E-state index contributed by atoms with van der Waals surface area (Å²) in [5.74, 6) is 1.53. The van der Waals surface area contributed by atoms with Crippen LogP contribution < -0.4 is 10.6 Å². The maximum absolute atomic E-state index is 5.55. The summed E-state index contributed by atoms with van der Waals surface area (Å²) >= 11 is 0. The lowest BCUT2D eigenvalue weighted by Crippen LogP contribution is -2.39. The number of rotatable bonds is 13. The van der Waals surface area contributed by atoms with Gasteiger partial charge >= 0.3 is 0 Å². The number of aliphatic imine (C=N–C) groups is 1. The minimum atomic E-state index is 0.701. The molecule has 126 valence electrons. The predicted molar refractivity (Wildman–Crippen MR) is 90.0 cm³/mol. The number of hydrogen-bond acceptors (Lipinski definition) is 3. The van der Waals surface area contributed by atoms with E-state index in [4.69, 9.17) is 9.47 Å². The summed E-state index contributed by atoms with van der Waals surface area (Å²) in [5, 5.41) is 6.51. The molecule has 0 aliphatic carbocycles. The Morgan fingerprint density at radius 2 is 1.62 bits per heavy atom. The van der Waals surface area contributed by atoms with Crippen LogP contribution in [-0.2, 0) is 9.47 Å². The number of nitrogens with one attached hydrogen (secondary N) is 2. The zero-order valence-corrected chi connectivity index (χ0v) is 14.4. The van der Waals surface area contributed by atoms with Crippen LogP contribution in [0.25, 0.3) is 0 Å². The standard InChI is InChI=1S/C16H35N3O2/c1-5-6-11-20-12-7-9-18-16(17-4)19-10-14-21-13-8-15(2)3/h15H,5-14H2,1-4H3,(H2,17,18,19). The Hall–Kier alpha value is -0.810. The lowest BCUT2D eigenvalue weighted by molar-refractivity contribution is 0.127. The van der Waals surface area contributed by atoms with Crippen LogP contribution in [0.1, 0.15) is 46.5 Å². The molecule has 5 nitrogen and oxygen atoms in total. The molecule has 0 aromatic heterocycles. The molecule has 0 aromatic rings. The molecule has 0 amide bonds. The molecular formula is C16H35N3O2. The molecule has 0 saturated heterocycles. The fraction of sp³-hybridized carbons (Fsp3) is 0.938. The summed E-state index contributed by atoms with van der Waals surface area (Å²) in [6.07, 6.45) is 4.45. The average molecular weight is 301 g/mol. The van der Waals surface area contributed by atoms with Gasteiger partial charge in [0.05, 0.1) is 6.61 Å². The molecule has 0 unspecified atom stereocenters. The molecule has 0 rings (SSSR count). The van der Waals surface area contributed by atoms with Gasteiger partial charge in [-0.3, -0.25) is 4.99 Å². The first-order valence-electron chi connectivity index (χ1n) is 8.30. The van der Waals surface area contributed by atoms with Crippen LogP contribution in [-0.4, -0.2) is 52.5 Å². The van der Waals surface area contributed by atoms with Crippen LogP contribution in [0.2, 0.25) is 0 Å². The second kappa shape index (κ2) is 15.6. The molecule has 0 aliphatic rings. The van der Waals surface area contributed by atoms with Gasteiger partial charge in [-0.25, -0.2) is 0 Å². The summed E-state index contributed by atoms with van der Waals surface area (Å²) < 4.78 is 11.1. The van der Waals surface area contributed by atoms with E-state index in [9.17, 15) is 0 Å². The summed E-state index contributed by atoms with van der Waals surface area (Å²) in [6.45, 7) is 11.5. The zero-order chi connectivity index (χ0) is 15.8. The van der Waals surface area contributed by atoms with E-state index in [-0.39, 0.29) is 0 Å². The second-order valence-electron chi connectivity index (χ2n) is 5.54. The van der Waals surface area contributed by atoms with E-state index < -0.39 is 0 Å². The van der Waals surface area contributed by atoms with Gasteiger partial charge < -0.3 is 20.1 Å². The van der Waals surface area contributed by atoms with Crippen LogP contribution >= 0.6 is 0 Å². The fourth-order valence-electron chi connectivity index (χ4n) is 1.61. The predicted octanol–water partition coefficient (Wildman–Crippen LogP) is 2.42. The van der Waals surface area contributed by atoms with E-state index in [1.807, 2.05) is 0 Å². The van der Waals surface area contributed by atoms with Gasteiger partial charge in [-0.2, -0.15) is 0 Å². The average Bonchev–Trinajstić information content (AvgIpc) is 2.47. The third-order valence-corrected chi connectivity index (χ3v) is 3.00. The van der Waals surface area contributed by atoms with Crippen LogP contribution in [0, 0.1) is 5.92 Å². The molecule has 0 aliphatic heterocycles. The molecular weight excluding hydrogens is 266 g/mol. The van der Waals surface area contributed by atoms with Crippen LogP contribution in [0.3, 0.4) is 0 Å². The number of ether oxygens (including phenoxy) is 2. The molecule has 0 fully saturated rings. The highest BCUT2D eigenvalue weighted by Gasteiger charge is 1.97. The molecule has 0 atom stereocenters. The molecule has 2 N–H and O–H groups in total. The molecule has 0 saturated carbocycles. The van der Waals surface area contributed by atoms with Crippen LogP contribution in [0.4, 0.5) is 0 Å². The van der Waals surface area contributed by atoms with E-state index in [0.717, 1.165) is 58.1 Å². The van der Waals surface area contributed by atoms with E-state index in [1.54, 1.807) is 7.05 Å². The van der Waals surface area contributed by atoms with Crippen LogP contribution in [0.15, 0.2) is 4.99 Å². The monoisotopic (exact) mass is 301 g/mol. The quantitative estimate of drug-likeness (QED) is 0.312. The van der Waals surface area contributed by atoms with Crippen molar-refractivity contribution in [2.45, 2.75) is 46.5 Å². The van der Waals surface area contributed by atoms with Crippen LogP contribution in [0.5, 0.6) is 0 Å².